The molecule has 0 heterocycles. The van der Waals surface area contributed by atoms with Crippen LogP contribution in [0.15, 0.2) is 21.6 Å². The Morgan fingerprint density at radius 2 is 1.80 bits per heavy atom. The standard InChI is InChI=1S/C6H5Cl2O2/c7-3-1-2-4(8)6(10)5(3)9/h1,9-10H,2H2. The Bertz CT molecular complexity index is 194. The third-order valence-electron chi connectivity index (χ3n) is 1.17. The van der Waals surface area contributed by atoms with Gasteiger partial charge in [0.05, 0.1) is 10.1 Å². The lowest BCUT2D eigenvalue weighted by Crippen LogP contribution is -2.00. The highest BCUT2D eigenvalue weighted by atomic mass is 35.5. The number of hydrogen-bond donors (Lipinski definition) is 2. The van der Waals surface area contributed by atoms with E-state index in [1.54, 1.807) is 0 Å². The van der Waals surface area contributed by atoms with Crippen LogP contribution in [0.2, 0.25) is 0 Å². The molecule has 2 nitrogen and oxygen atoms in total. The van der Waals surface area contributed by atoms with Crippen molar-refractivity contribution in [2.24, 2.45) is 0 Å². The molecule has 0 bridgehead atoms. The van der Waals surface area contributed by atoms with Crippen LogP contribution in [0.3, 0.4) is 0 Å². The molecule has 1 aliphatic rings. The molecule has 0 fully saturated rings. The molecule has 1 aliphatic carbocycles. The second-order valence-electron chi connectivity index (χ2n) is 1.86. The normalized spacial score (nSPS) is 20.2. The number of hydrogen-bond acceptors (Lipinski definition) is 2. The molecule has 0 spiro atoms. The molecule has 0 amide bonds. The zero-order chi connectivity index (χ0) is 7.72. The van der Waals surface area contributed by atoms with Crippen LogP contribution in [-0.2, 0) is 0 Å². The van der Waals surface area contributed by atoms with Gasteiger partial charge in [0, 0.05) is 6.42 Å². The van der Waals surface area contributed by atoms with Crippen molar-refractivity contribution in [3.63, 3.8) is 0 Å². The zero-order valence-corrected chi connectivity index (χ0v) is 6.45. The van der Waals surface area contributed by atoms with Crippen LogP contribution in [0.25, 0.3) is 0 Å². The summed E-state index contributed by atoms with van der Waals surface area (Å²) in [4.78, 5) is 0. The Labute approximate surface area is 68.4 Å². The minimum Gasteiger partial charge on any atom is -0.503 e. The van der Waals surface area contributed by atoms with Crippen molar-refractivity contribution >= 4 is 23.2 Å². The third-order valence-corrected chi connectivity index (χ3v) is 1.83. The Balaban J connectivity index is 3.01. The van der Waals surface area contributed by atoms with Gasteiger partial charge in [0.1, 0.15) is 0 Å². The van der Waals surface area contributed by atoms with Gasteiger partial charge in [0.25, 0.3) is 0 Å². The quantitative estimate of drug-likeness (QED) is 0.601. The average molecular weight is 180 g/mol. The number of aliphatic hydroxyl groups is 2. The summed E-state index contributed by atoms with van der Waals surface area (Å²) in [6.45, 7) is 0. The topological polar surface area (TPSA) is 40.5 Å². The lowest BCUT2D eigenvalue weighted by molar-refractivity contribution is 0.319. The number of halogens is 2. The van der Waals surface area contributed by atoms with Crippen molar-refractivity contribution in [3.8, 4) is 0 Å². The van der Waals surface area contributed by atoms with E-state index >= 15 is 0 Å². The Hall–Kier alpha value is -0.340. The summed E-state index contributed by atoms with van der Waals surface area (Å²) in [5.41, 5.74) is 0. The fourth-order valence-electron chi connectivity index (χ4n) is 0.614. The highest BCUT2D eigenvalue weighted by Crippen LogP contribution is 2.30. The van der Waals surface area contributed by atoms with Crippen LogP contribution in [0.1, 0.15) is 6.42 Å². The summed E-state index contributed by atoms with van der Waals surface area (Å²) in [7, 11) is 0. The number of rotatable bonds is 0. The molecule has 1 radical (unpaired) electrons. The molecule has 0 saturated carbocycles. The minimum absolute atomic E-state index is 0.141. The highest BCUT2D eigenvalue weighted by molar-refractivity contribution is 6.33. The number of aliphatic hydroxyl groups excluding tert-OH is 2. The van der Waals surface area contributed by atoms with Gasteiger partial charge in [-0.15, -0.1) is 0 Å². The fraction of sp³-hybridized carbons (Fsp3) is 0.167. The van der Waals surface area contributed by atoms with Gasteiger partial charge in [-0.05, 0) is 6.42 Å². The van der Waals surface area contributed by atoms with E-state index in [1.165, 1.54) is 6.42 Å². The maximum absolute atomic E-state index is 8.95. The molecular weight excluding hydrogens is 175 g/mol. The predicted molar refractivity (Wildman–Crippen MR) is 39.9 cm³/mol. The maximum atomic E-state index is 8.95. The van der Waals surface area contributed by atoms with Gasteiger partial charge in [0.2, 0.25) is 0 Å². The monoisotopic (exact) mass is 179 g/mol. The van der Waals surface area contributed by atoms with E-state index in [4.69, 9.17) is 33.4 Å². The molecule has 0 unspecified atom stereocenters. The van der Waals surface area contributed by atoms with Gasteiger partial charge in [-0.25, -0.2) is 0 Å². The first-order chi connectivity index (χ1) is 4.63. The summed E-state index contributed by atoms with van der Waals surface area (Å²) < 4.78 is 0. The van der Waals surface area contributed by atoms with Crippen LogP contribution >= 0.6 is 23.2 Å². The van der Waals surface area contributed by atoms with E-state index in [9.17, 15) is 0 Å². The van der Waals surface area contributed by atoms with Crippen molar-refractivity contribution in [1.29, 1.82) is 0 Å². The first-order valence-electron chi connectivity index (χ1n) is 2.63. The molecule has 55 valence electrons. The third kappa shape index (κ3) is 1.22. The molecule has 1 rings (SSSR count). The van der Waals surface area contributed by atoms with Crippen molar-refractivity contribution in [1.82, 2.24) is 0 Å². The van der Waals surface area contributed by atoms with Crippen LogP contribution in [0.4, 0.5) is 0 Å². The molecule has 4 heteroatoms. The van der Waals surface area contributed by atoms with E-state index in [2.05, 4.69) is 0 Å². The second-order valence-corrected chi connectivity index (χ2v) is 2.72. The van der Waals surface area contributed by atoms with Crippen molar-refractivity contribution in [2.75, 3.05) is 0 Å². The molecule has 0 aromatic rings. The van der Waals surface area contributed by atoms with Crippen molar-refractivity contribution < 1.29 is 10.2 Å². The van der Waals surface area contributed by atoms with Gasteiger partial charge in [-0.3, -0.25) is 0 Å². The summed E-state index contributed by atoms with van der Waals surface area (Å²) in [6.07, 6.45) is 1.90. The SMILES string of the molecule is OC1=C(Cl)[CH]CC(Cl)=C1O. The van der Waals surface area contributed by atoms with Crippen LogP contribution in [0.5, 0.6) is 0 Å². The van der Waals surface area contributed by atoms with Gasteiger partial charge < -0.3 is 10.2 Å². The second kappa shape index (κ2) is 2.72. The molecule has 2 N–H and O–H groups in total. The van der Waals surface area contributed by atoms with E-state index in [1.807, 2.05) is 0 Å². The van der Waals surface area contributed by atoms with E-state index in [0.717, 1.165) is 0 Å². The van der Waals surface area contributed by atoms with Crippen LogP contribution in [0, 0.1) is 6.42 Å². The Morgan fingerprint density at radius 3 is 2.30 bits per heavy atom. The highest BCUT2D eigenvalue weighted by Gasteiger charge is 2.18. The lowest BCUT2D eigenvalue weighted by atomic mass is 10.1. The maximum Gasteiger partial charge on any atom is 0.173 e. The molecule has 0 aliphatic heterocycles. The Morgan fingerprint density at radius 1 is 1.20 bits per heavy atom. The van der Waals surface area contributed by atoms with Gasteiger partial charge in [-0.2, -0.15) is 0 Å². The van der Waals surface area contributed by atoms with E-state index < -0.39 is 0 Å². The van der Waals surface area contributed by atoms with Crippen molar-refractivity contribution in [2.45, 2.75) is 6.42 Å². The molecule has 0 atom stereocenters. The summed E-state index contributed by atoms with van der Waals surface area (Å²) in [5, 5.41) is 18.2. The van der Waals surface area contributed by atoms with E-state index in [-0.39, 0.29) is 21.6 Å². The van der Waals surface area contributed by atoms with E-state index in [0.29, 0.717) is 6.42 Å². The first kappa shape index (κ1) is 7.76. The zero-order valence-electron chi connectivity index (χ0n) is 4.93. The van der Waals surface area contributed by atoms with Crippen molar-refractivity contribution in [3.05, 3.63) is 28.0 Å². The molecule has 0 aromatic carbocycles. The van der Waals surface area contributed by atoms with Gasteiger partial charge >= 0.3 is 0 Å². The fourth-order valence-corrected chi connectivity index (χ4v) is 0.947. The summed E-state index contributed by atoms with van der Waals surface area (Å²) in [6, 6.07) is 0. The molecular formula is C6H5Cl2O2. The van der Waals surface area contributed by atoms with Crippen LogP contribution in [-0.4, -0.2) is 10.2 Å². The first-order valence-corrected chi connectivity index (χ1v) is 3.38. The smallest absolute Gasteiger partial charge is 0.173 e. The largest absolute Gasteiger partial charge is 0.503 e. The predicted octanol–water partition coefficient (Wildman–Crippen LogP) is 2.61. The summed E-state index contributed by atoms with van der Waals surface area (Å²) in [5.74, 6) is -0.674. The number of allylic oxidation sites excluding steroid dienone is 2. The molecule has 0 saturated heterocycles. The van der Waals surface area contributed by atoms with Gasteiger partial charge in [-0.1, -0.05) is 23.2 Å². The summed E-state index contributed by atoms with van der Waals surface area (Å²) >= 11 is 10.9. The molecule has 10 heavy (non-hydrogen) atoms. The lowest BCUT2D eigenvalue weighted by Gasteiger charge is -2.10. The molecule has 0 aromatic heterocycles. The minimum atomic E-state index is -0.349. The average Bonchev–Trinajstić information content (AvgIpc) is 1.93. The van der Waals surface area contributed by atoms with Crippen LogP contribution < -0.4 is 0 Å². The Kier molecular flexibility index (Phi) is 2.11. The van der Waals surface area contributed by atoms with Gasteiger partial charge in [0.15, 0.2) is 11.5 Å².